The molecule has 0 amide bonds. The molecular weight excluding hydrogens is 546 g/mol. The van der Waals surface area contributed by atoms with Crippen molar-refractivity contribution in [1.29, 1.82) is 0 Å². The van der Waals surface area contributed by atoms with Gasteiger partial charge in [-0.2, -0.15) is 0 Å². The number of halogens is 3. The second-order valence-electron chi connectivity index (χ2n) is 10.1. The summed E-state index contributed by atoms with van der Waals surface area (Å²) in [5.74, 6) is -0.227. The molecule has 0 fully saturated rings. The van der Waals surface area contributed by atoms with E-state index < -0.39 is 0 Å². The molecule has 0 aromatic heterocycles. The topological polar surface area (TPSA) is 9.23 Å². The van der Waals surface area contributed by atoms with Crippen LogP contribution in [0.5, 0.6) is 5.75 Å². The number of hydrogen-bond acceptors (Lipinski definition) is 1. The van der Waals surface area contributed by atoms with E-state index in [0.717, 1.165) is 50.1 Å². The molecule has 1 nitrogen and oxygen atoms in total. The third kappa shape index (κ3) is 4.87. The molecule has 0 spiro atoms. The van der Waals surface area contributed by atoms with Crippen molar-refractivity contribution >= 4 is 11.6 Å². The molecule has 6 aromatic carbocycles. The van der Waals surface area contributed by atoms with Crippen LogP contribution in [0.25, 0.3) is 55.6 Å². The Hall–Kier alpha value is -4.73. The van der Waals surface area contributed by atoms with Crippen LogP contribution in [0.15, 0.2) is 127 Å². The Kier molecular flexibility index (Phi) is 7.60. The molecule has 6 aromatic rings. The maximum Gasteiger partial charge on any atom is 0.135 e. The van der Waals surface area contributed by atoms with Crippen molar-refractivity contribution < 1.29 is 13.5 Å². The van der Waals surface area contributed by atoms with Crippen LogP contribution in [0.3, 0.4) is 0 Å². The summed E-state index contributed by atoms with van der Waals surface area (Å²) >= 11 is 6.91. The van der Waals surface area contributed by atoms with Crippen molar-refractivity contribution in [1.82, 2.24) is 0 Å². The second-order valence-corrected chi connectivity index (χ2v) is 10.5. The highest BCUT2D eigenvalue weighted by Crippen LogP contribution is 2.57. The van der Waals surface area contributed by atoms with Gasteiger partial charge in [0.1, 0.15) is 17.4 Å². The fraction of sp³-hybridized carbons (Fsp3) is 0.0526. The standard InChI is InChI=1S/C38H27ClF2O/c1-24-12-6-7-15-28(24)35-33(26-20-22-27(40)23-21-26)34(25-13-4-3-5-14-25)37(30-17-9-11-19-32(30)41)38(42-2)36(35)29-16-8-10-18-31(29)39/h3-23H,1-2H3. The first-order chi connectivity index (χ1) is 20.5. The third-order valence-electron chi connectivity index (χ3n) is 7.55. The normalized spacial score (nSPS) is 11.0. The summed E-state index contributed by atoms with van der Waals surface area (Å²) in [5, 5.41) is 0.530. The highest BCUT2D eigenvalue weighted by molar-refractivity contribution is 6.34. The van der Waals surface area contributed by atoms with Crippen molar-refractivity contribution in [2.24, 2.45) is 0 Å². The lowest BCUT2D eigenvalue weighted by molar-refractivity contribution is 0.418. The predicted molar refractivity (Wildman–Crippen MR) is 170 cm³/mol. The molecule has 4 heteroatoms. The summed E-state index contributed by atoms with van der Waals surface area (Å²) in [7, 11) is 1.61. The molecule has 0 aliphatic rings. The van der Waals surface area contributed by atoms with E-state index in [0.29, 0.717) is 21.9 Å². The minimum atomic E-state index is -0.383. The van der Waals surface area contributed by atoms with Gasteiger partial charge in [0.05, 0.1) is 7.11 Å². The smallest absolute Gasteiger partial charge is 0.135 e. The van der Waals surface area contributed by atoms with Crippen molar-refractivity contribution in [2.75, 3.05) is 7.11 Å². The Morgan fingerprint density at radius 3 is 1.67 bits per heavy atom. The van der Waals surface area contributed by atoms with Crippen LogP contribution < -0.4 is 4.74 Å². The number of benzene rings is 6. The molecule has 0 saturated carbocycles. The molecule has 206 valence electrons. The van der Waals surface area contributed by atoms with Crippen LogP contribution in [0, 0.1) is 18.6 Å². The van der Waals surface area contributed by atoms with Gasteiger partial charge in [0.25, 0.3) is 0 Å². The van der Waals surface area contributed by atoms with Gasteiger partial charge in [-0.15, -0.1) is 0 Å². The van der Waals surface area contributed by atoms with E-state index in [2.05, 4.69) is 19.1 Å². The quantitative estimate of drug-likeness (QED) is 0.193. The molecule has 42 heavy (non-hydrogen) atoms. The lowest BCUT2D eigenvalue weighted by Gasteiger charge is -2.28. The van der Waals surface area contributed by atoms with Crippen LogP contribution >= 0.6 is 11.6 Å². The van der Waals surface area contributed by atoms with Crippen LogP contribution in [0.1, 0.15) is 5.56 Å². The average molecular weight is 573 g/mol. The maximum absolute atomic E-state index is 15.8. The molecule has 0 atom stereocenters. The summed E-state index contributed by atoms with van der Waals surface area (Å²) < 4.78 is 36.5. The van der Waals surface area contributed by atoms with Crippen LogP contribution in [0.4, 0.5) is 8.78 Å². The molecule has 0 aliphatic carbocycles. The summed E-state index contributed by atoms with van der Waals surface area (Å²) in [6, 6.07) is 38.7. The zero-order valence-corrected chi connectivity index (χ0v) is 23.9. The van der Waals surface area contributed by atoms with Gasteiger partial charge < -0.3 is 4.74 Å². The first kappa shape index (κ1) is 27.4. The molecule has 0 heterocycles. The lowest BCUT2D eigenvalue weighted by atomic mass is 9.77. The predicted octanol–water partition coefficient (Wildman–Crippen LogP) is 11.3. The lowest BCUT2D eigenvalue weighted by Crippen LogP contribution is -2.04. The van der Waals surface area contributed by atoms with Gasteiger partial charge in [0, 0.05) is 38.4 Å². The van der Waals surface area contributed by atoms with Gasteiger partial charge in [0.2, 0.25) is 0 Å². The highest BCUT2D eigenvalue weighted by Gasteiger charge is 2.31. The van der Waals surface area contributed by atoms with Gasteiger partial charge >= 0.3 is 0 Å². The Labute approximate surface area is 249 Å². The van der Waals surface area contributed by atoms with Gasteiger partial charge in [-0.05, 0) is 59.0 Å². The number of methoxy groups -OCH3 is 1. The molecule has 0 N–H and O–H groups in total. The number of ether oxygens (including phenoxy) is 1. The fourth-order valence-corrected chi connectivity index (χ4v) is 5.92. The third-order valence-corrected chi connectivity index (χ3v) is 7.88. The largest absolute Gasteiger partial charge is 0.495 e. The van der Waals surface area contributed by atoms with E-state index in [1.807, 2.05) is 72.8 Å². The summed E-state index contributed by atoms with van der Waals surface area (Å²) in [4.78, 5) is 0. The van der Waals surface area contributed by atoms with E-state index in [1.54, 1.807) is 31.4 Å². The van der Waals surface area contributed by atoms with Crippen molar-refractivity contribution in [3.8, 4) is 61.4 Å². The first-order valence-corrected chi connectivity index (χ1v) is 14.0. The molecule has 0 radical (unpaired) electrons. The Bertz CT molecular complexity index is 1900. The van der Waals surface area contributed by atoms with Crippen LogP contribution in [-0.2, 0) is 0 Å². The zero-order valence-electron chi connectivity index (χ0n) is 23.2. The Morgan fingerprint density at radius 1 is 0.500 bits per heavy atom. The van der Waals surface area contributed by atoms with Gasteiger partial charge in [-0.3, -0.25) is 0 Å². The Balaban J connectivity index is 1.96. The SMILES string of the molecule is COc1c(-c2ccccc2F)c(-c2ccccc2)c(-c2ccc(F)cc2)c(-c2ccccc2C)c1-c1ccccc1Cl. The number of hydrogen-bond donors (Lipinski definition) is 0. The molecule has 6 rings (SSSR count). The minimum absolute atomic E-state index is 0.341. The summed E-state index contributed by atoms with van der Waals surface area (Å²) in [6.07, 6.45) is 0. The monoisotopic (exact) mass is 572 g/mol. The Morgan fingerprint density at radius 2 is 1.02 bits per heavy atom. The molecule has 0 aliphatic heterocycles. The van der Waals surface area contributed by atoms with Gasteiger partial charge in [0.15, 0.2) is 0 Å². The van der Waals surface area contributed by atoms with E-state index in [-0.39, 0.29) is 11.6 Å². The second kappa shape index (κ2) is 11.6. The number of rotatable bonds is 6. The van der Waals surface area contributed by atoms with Crippen LogP contribution in [-0.4, -0.2) is 7.11 Å². The van der Waals surface area contributed by atoms with Crippen molar-refractivity contribution in [3.63, 3.8) is 0 Å². The average Bonchev–Trinajstić information content (AvgIpc) is 3.02. The van der Waals surface area contributed by atoms with Gasteiger partial charge in [-0.25, -0.2) is 8.78 Å². The maximum atomic E-state index is 15.8. The van der Waals surface area contributed by atoms with E-state index in [4.69, 9.17) is 16.3 Å². The molecule has 0 saturated heterocycles. The van der Waals surface area contributed by atoms with Crippen molar-refractivity contribution in [2.45, 2.75) is 6.92 Å². The number of aryl methyl sites for hydroxylation is 1. The minimum Gasteiger partial charge on any atom is -0.495 e. The van der Waals surface area contributed by atoms with E-state index >= 15 is 4.39 Å². The molecular formula is C38H27ClF2O. The zero-order chi connectivity index (χ0) is 29.2. The highest BCUT2D eigenvalue weighted by atomic mass is 35.5. The van der Waals surface area contributed by atoms with E-state index in [9.17, 15) is 4.39 Å². The van der Waals surface area contributed by atoms with E-state index in [1.165, 1.54) is 18.2 Å². The summed E-state index contributed by atoms with van der Waals surface area (Å²) in [5.41, 5.74) is 8.57. The molecule has 0 bridgehead atoms. The molecule has 0 unspecified atom stereocenters. The summed E-state index contributed by atoms with van der Waals surface area (Å²) in [6.45, 7) is 2.06. The van der Waals surface area contributed by atoms with Gasteiger partial charge in [-0.1, -0.05) is 115 Å². The first-order valence-electron chi connectivity index (χ1n) is 13.6. The van der Waals surface area contributed by atoms with Crippen LogP contribution in [0.2, 0.25) is 5.02 Å². The van der Waals surface area contributed by atoms with Crippen molar-refractivity contribution in [3.05, 3.63) is 150 Å². The fourth-order valence-electron chi connectivity index (χ4n) is 5.69.